The molecule has 0 radical (unpaired) electrons. The Balaban J connectivity index is 2.69. The molecule has 0 aliphatic rings. The third kappa shape index (κ3) is 3.96. The molecule has 1 aromatic rings. The van der Waals surface area contributed by atoms with Crippen molar-refractivity contribution >= 4 is 17.7 Å². The summed E-state index contributed by atoms with van der Waals surface area (Å²) in [6.07, 6.45) is 1.61. The molecule has 0 aliphatic heterocycles. The zero-order valence-electron chi connectivity index (χ0n) is 9.06. The second kappa shape index (κ2) is 5.81. The van der Waals surface area contributed by atoms with Gasteiger partial charge in [-0.25, -0.2) is 0 Å². The third-order valence-electron chi connectivity index (χ3n) is 2.09. The Hall–Kier alpha value is -0.960. The van der Waals surface area contributed by atoms with Crippen LogP contribution in [0.5, 0.6) is 0 Å². The molecule has 1 atom stereocenters. The summed E-state index contributed by atoms with van der Waals surface area (Å²) in [6.45, 7) is 4.02. The average molecular weight is 224 g/mol. The zero-order valence-corrected chi connectivity index (χ0v) is 9.88. The van der Waals surface area contributed by atoms with Gasteiger partial charge < -0.3 is 5.11 Å². The molecule has 2 nitrogen and oxygen atoms in total. The molecule has 0 heterocycles. The summed E-state index contributed by atoms with van der Waals surface area (Å²) in [5.74, 6) is -0.719. The molecule has 15 heavy (non-hydrogen) atoms. The van der Waals surface area contributed by atoms with Crippen LogP contribution in [-0.4, -0.2) is 16.3 Å². The summed E-state index contributed by atoms with van der Waals surface area (Å²) in [5.41, 5.74) is 1.17. The smallest absolute Gasteiger partial charge is 0.316 e. The molecule has 0 aliphatic carbocycles. The van der Waals surface area contributed by atoms with Crippen molar-refractivity contribution in [2.24, 2.45) is 0 Å². The van der Waals surface area contributed by atoms with Gasteiger partial charge in [0.25, 0.3) is 0 Å². The Morgan fingerprint density at radius 2 is 2.27 bits per heavy atom. The molecule has 3 heteroatoms. The fourth-order valence-corrected chi connectivity index (χ4v) is 2.54. The van der Waals surface area contributed by atoms with E-state index in [1.807, 2.05) is 38.1 Å². The number of hydrogen-bond acceptors (Lipinski definition) is 2. The largest absolute Gasteiger partial charge is 0.480 e. The predicted molar refractivity (Wildman–Crippen MR) is 63.4 cm³/mol. The van der Waals surface area contributed by atoms with E-state index in [-0.39, 0.29) is 5.25 Å². The molecule has 0 saturated carbocycles. The van der Waals surface area contributed by atoms with E-state index in [0.717, 1.165) is 11.3 Å². The van der Waals surface area contributed by atoms with Crippen LogP contribution in [0.15, 0.2) is 29.2 Å². The van der Waals surface area contributed by atoms with E-state index in [0.29, 0.717) is 6.42 Å². The van der Waals surface area contributed by atoms with Gasteiger partial charge in [-0.1, -0.05) is 31.0 Å². The van der Waals surface area contributed by atoms with Crippen LogP contribution >= 0.6 is 11.8 Å². The molecule has 1 unspecified atom stereocenters. The molecule has 1 rings (SSSR count). The van der Waals surface area contributed by atoms with Gasteiger partial charge in [0.1, 0.15) is 5.25 Å². The number of aryl methyl sites for hydroxylation is 1. The first-order valence-corrected chi connectivity index (χ1v) is 5.97. The summed E-state index contributed by atoms with van der Waals surface area (Å²) >= 11 is 1.44. The van der Waals surface area contributed by atoms with Gasteiger partial charge in [0.05, 0.1) is 0 Å². The van der Waals surface area contributed by atoms with Crippen molar-refractivity contribution in [2.75, 3.05) is 0 Å². The molecule has 1 aromatic carbocycles. The highest BCUT2D eigenvalue weighted by molar-refractivity contribution is 8.00. The molecule has 1 N–H and O–H groups in total. The Morgan fingerprint density at radius 3 is 2.80 bits per heavy atom. The fourth-order valence-electron chi connectivity index (χ4n) is 1.35. The highest BCUT2D eigenvalue weighted by Gasteiger charge is 2.17. The van der Waals surface area contributed by atoms with Gasteiger partial charge in [-0.3, -0.25) is 4.79 Å². The van der Waals surface area contributed by atoms with Gasteiger partial charge in [0, 0.05) is 4.90 Å². The number of rotatable bonds is 5. The lowest BCUT2D eigenvalue weighted by Gasteiger charge is -2.10. The van der Waals surface area contributed by atoms with Crippen molar-refractivity contribution < 1.29 is 9.90 Å². The Kier molecular flexibility index (Phi) is 4.69. The number of carboxylic acids is 1. The van der Waals surface area contributed by atoms with E-state index in [2.05, 4.69) is 0 Å². The topological polar surface area (TPSA) is 37.3 Å². The van der Waals surface area contributed by atoms with Crippen LogP contribution in [0.1, 0.15) is 25.3 Å². The maximum atomic E-state index is 11.0. The van der Waals surface area contributed by atoms with Crippen molar-refractivity contribution in [3.05, 3.63) is 29.8 Å². The van der Waals surface area contributed by atoms with E-state index in [4.69, 9.17) is 5.11 Å². The first-order valence-electron chi connectivity index (χ1n) is 5.09. The second-order valence-corrected chi connectivity index (χ2v) is 4.83. The minimum absolute atomic E-state index is 0.322. The molecule has 0 fully saturated rings. The van der Waals surface area contributed by atoms with E-state index in [1.165, 1.54) is 17.3 Å². The summed E-state index contributed by atoms with van der Waals surface area (Å²) in [7, 11) is 0. The average Bonchev–Trinajstić information content (AvgIpc) is 2.17. The minimum Gasteiger partial charge on any atom is -0.480 e. The van der Waals surface area contributed by atoms with E-state index in [9.17, 15) is 4.79 Å². The first kappa shape index (κ1) is 12.1. The number of aliphatic carboxylic acids is 1. The SMILES string of the molecule is CCCC(Sc1cccc(C)c1)C(=O)O. The van der Waals surface area contributed by atoms with Gasteiger partial charge in [0.15, 0.2) is 0 Å². The van der Waals surface area contributed by atoms with Crippen LogP contribution in [-0.2, 0) is 4.79 Å². The quantitative estimate of drug-likeness (QED) is 0.779. The Morgan fingerprint density at radius 1 is 1.53 bits per heavy atom. The fraction of sp³-hybridized carbons (Fsp3) is 0.417. The number of carboxylic acid groups (broad SMARTS) is 1. The van der Waals surface area contributed by atoms with Gasteiger partial charge in [-0.15, -0.1) is 11.8 Å². The lowest BCUT2D eigenvalue weighted by Crippen LogP contribution is -2.15. The third-order valence-corrected chi connectivity index (χ3v) is 3.34. The van der Waals surface area contributed by atoms with Crippen LogP contribution in [0.2, 0.25) is 0 Å². The first-order chi connectivity index (χ1) is 7.13. The van der Waals surface area contributed by atoms with E-state index < -0.39 is 5.97 Å². The normalized spacial score (nSPS) is 12.4. The minimum atomic E-state index is -0.719. The summed E-state index contributed by atoms with van der Waals surface area (Å²) in [4.78, 5) is 12.0. The monoisotopic (exact) mass is 224 g/mol. The standard InChI is InChI=1S/C12H16O2S/c1-3-5-11(12(13)14)15-10-7-4-6-9(2)8-10/h4,6-8,11H,3,5H2,1-2H3,(H,13,14). The van der Waals surface area contributed by atoms with E-state index >= 15 is 0 Å². The number of carbonyl (C=O) groups is 1. The van der Waals surface area contributed by atoms with Crippen LogP contribution in [0.4, 0.5) is 0 Å². The van der Waals surface area contributed by atoms with Gasteiger partial charge >= 0.3 is 5.97 Å². The molecule has 0 amide bonds. The van der Waals surface area contributed by atoms with Crippen molar-refractivity contribution in [1.82, 2.24) is 0 Å². The molecular formula is C12H16O2S. The van der Waals surface area contributed by atoms with Crippen molar-refractivity contribution in [3.63, 3.8) is 0 Å². The molecule has 82 valence electrons. The Labute approximate surface area is 94.7 Å². The molecule has 0 spiro atoms. The summed E-state index contributed by atoms with van der Waals surface area (Å²) in [5, 5.41) is 8.69. The molecule has 0 aromatic heterocycles. The highest BCUT2D eigenvalue weighted by atomic mass is 32.2. The lowest BCUT2D eigenvalue weighted by molar-refractivity contribution is -0.136. The number of thioether (sulfide) groups is 1. The van der Waals surface area contributed by atoms with E-state index in [1.54, 1.807) is 0 Å². The Bertz CT molecular complexity index is 336. The van der Waals surface area contributed by atoms with Gasteiger partial charge in [0.2, 0.25) is 0 Å². The van der Waals surface area contributed by atoms with Crippen molar-refractivity contribution in [2.45, 2.75) is 36.8 Å². The molecular weight excluding hydrogens is 208 g/mol. The summed E-state index contributed by atoms with van der Waals surface area (Å²) in [6, 6.07) is 7.96. The zero-order chi connectivity index (χ0) is 11.3. The van der Waals surface area contributed by atoms with Crippen molar-refractivity contribution in [1.29, 1.82) is 0 Å². The highest BCUT2D eigenvalue weighted by Crippen LogP contribution is 2.26. The number of benzene rings is 1. The molecule has 0 saturated heterocycles. The van der Waals surface area contributed by atoms with Crippen LogP contribution < -0.4 is 0 Å². The van der Waals surface area contributed by atoms with Crippen molar-refractivity contribution in [3.8, 4) is 0 Å². The molecule has 0 bridgehead atoms. The maximum Gasteiger partial charge on any atom is 0.316 e. The van der Waals surface area contributed by atoms with Crippen LogP contribution in [0.25, 0.3) is 0 Å². The second-order valence-electron chi connectivity index (χ2n) is 3.55. The lowest BCUT2D eigenvalue weighted by atomic mass is 10.2. The summed E-state index contributed by atoms with van der Waals surface area (Å²) < 4.78 is 0. The van der Waals surface area contributed by atoms with Gasteiger partial charge in [-0.05, 0) is 25.5 Å². The number of hydrogen-bond donors (Lipinski definition) is 1. The predicted octanol–water partition coefficient (Wildman–Crippen LogP) is 3.34. The maximum absolute atomic E-state index is 11.0. The van der Waals surface area contributed by atoms with Gasteiger partial charge in [-0.2, -0.15) is 0 Å². The van der Waals surface area contributed by atoms with Crippen LogP contribution in [0, 0.1) is 6.92 Å². The van der Waals surface area contributed by atoms with Crippen LogP contribution in [0.3, 0.4) is 0 Å².